The third kappa shape index (κ3) is 2.52. The fourth-order valence-corrected chi connectivity index (χ4v) is 1.96. The van der Waals surface area contributed by atoms with Gasteiger partial charge in [-0.05, 0) is 19.9 Å². The van der Waals surface area contributed by atoms with Gasteiger partial charge in [-0.2, -0.15) is 0 Å². The first-order valence-electron chi connectivity index (χ1n) is 5.26. The van der Waals surface area contributed by atoms with E-state index in [4.69, 9.17) is 33.5 Å². The molecule has 5 nitrogen and oxygen atoms in total. The second-order valence-electron chi connectivity index (χ2n) is 3.84. The Morgan fingerprint density at radius 2 is 2.06 bits per heavy atom. The minimum atomic E-state index is 0.238. The number of nitrogens with one attached hydrogen (secondary N) is 1. The maximum absolute atomic E-state index is 6.02. The molecular formula is C11H12Cl2N4O. The number of pyridine rings is 1. The second-order valence-corrected chi connectivity index (χ2v) is 4.66. The number of nitrogens with two attached hydrogens (primary N) is 1. The van der Waals surface area contributed by atoms with E-state index in [0.717, 1.165) is 17.0 Å². The Morgan fingerprint density at radius 1 is 1.33 bits per heavy atom. The van der Waals surface area contributed by atoms with Gasteiger partial charge in [0.1, 0.15) is 17.4 Å². The summed E-state index contributed by atoms with van der Waals surface area (Å²) in [5, 5.41) is 7.71. The first-order chi connectivity index (χ1) is 8.49. The lowest BCUT2D eigenvalue weighted by molar-refractivity contribution is 0.392. The van der Waals surface area contributed by atoms with E-state index in [1.165, 1.54) is 0 Å². The first-order valence-corrected chi connectivity index (χ1v) is 6.01. The largest absolute Gasteiger partial charge is 0.382 e. The van der Waals surface area contributed by atoms with Crippen molar-refractivity contribution in [2.75, 3.05) is 11.1 Å². The van der Waals surface area contributed by atoms with E-state index in [0.29, 0.717) is 22.4 Å². The van der Waals surface area contributed by atoms with Gasteiger partial charge in [0.05, 0.1) is 15.7 Å². The summed E-state index contributed by atoms with van der Waals surface area (Å²) in [6.07, 6.45) is 0. The van der Waals surface area contributed by atoms with E-state index in [2.05, 4.69) is 15.5 Å². The van der Waals surface area contributed by atoms with Crippen LogP contribution in [0.15, 0.2) is 10.6 Å². The Bertz CT molecular complexity index is 563. The quantitative estimate of drug-likeness (QED) is 0.906. The van der Waals surface area contributed by atoms with Gasteiger partial charge in [-0.15, -0.1) is 0 Å². The number of aryl methyl sites for hydroxylation is 2. The van der Waals surface area contributed by atoms with Crippen LogP contribution >= 0.6 is 23.2 Å². The third-order valence-corrected chi connectivity index (χ3v) is 3.16. The van der Waals surface area contributed by atoms with E-state index in [-0.39, 0.29) is 5.82 Å². The average Bonchev–Trinajstić information content (AvgIpc) is 2.62. The van der Waals surface area contributed by atoms with Gasteiger partial charge >= 0.3 is 0 Å². The molecule has 0 aliphatic carbocycles. The fraction of sp³-hybridized carbons (Fsp3) is 0.273. The van der Waals surface area contributed by atoms with Gasteiger partial charge in [0.15, 0.2) is 0 Å². The van der Waals surface area contributed by atoms with Gasteiger partial charge in [-0.25, -0.2) is 4.98 Å². The molecule has 0 unspecified atom stereocenters. The van der Waals surface area contributed by atoms with Crippen LogP contribution in [0.5, 0.6) is 0 Å². The van der Waals surface area contributed by atoms with Crippen molar-refractivity contribution >= 4 is 34.8 Å². The summed E-state index contributed by atoms with van der Waals surface area (Å²) >= 11 is 11.8. The molecule has 0 aliphatic heterocycles. The molecule has 2 aromatic heterocycles. The molecule has 96 valence electrons. The SMILES string of the molecule is Cc1noc(C)c1CNc1nc(N)c(Cl)cc1Cl. The predicted octanol–water partition coefficient (Wildman–Crippen LogP) is 3.19. The minimum absolute atomic E-state index is 0.238. The molecule has 0 aliphatic rings. The molecule has 0 radical (unpaired) electrons. The normalized spacial score (nSPS) is 10.7. The van der Waals surface area contributed by atoms with Crippen LogP contribution < -0.4 is 11.1 Å². The zero-order valence-electron chi connectivity index (χ0n) is 9.92. The molecule has 0 amide bonds. The maximum atomic E-state index is 6.02. The lowest BCUT2D eigenvalue weighted by Crippen LogP contribution is -2.05. The topological polar surface area (TPSA) is 77.0 Å². The minimum Gasteiger partial charge on any atom is -0.382 e. The Balaban J connectivity index is 2.18. The van der Waals surface area contributed by atoms with Crippen LogP contribution in [0.3, 0.4) is 0 Å². The van der Waals surface area contributed by atoms with Crippen molar-refractivity contribution in [1.82, 2.24) is 10.1 Å². The van der Waals surface area contributed by atoms with E-state index >= 15 is 0 Å². The number of anilines is 2. The number of hydrogen-bond donors (Lipinski definition) is 2. The van der Waals surface area contributed by atoms with Crippen LogP contribution in [0, 0.1) is 13.8 Å². The second kappa shape index (κ2) is 5.04. The highest BCUT2D eigenvalue weighted by Gasteiger charge is 2.11. The van der Waals surface area contributed by atoms with E-state index < -0.39 is 0 Å². The molecule has 0 saturated heterocycles. The Labute approximate surface area is 114 Å². The van der Waals surface area contributed by atoms with Crippen LogP contribution in [0.4, 0.5) is 11.6 Å². The molecule has 3 N–H and O–H groups in total. The summed E-state index contributed by atoms with van der Waals surface area (Å²) in [6.45, 7) is 4.23. The summed E-state index contributed by atoms with van der Waals surface area (Å²) < 4.78 is 5.07. The zero-order chi connectivity index (χ0) is 13.3. The van der Waals surface area contributed by atoms with E-state index in [1.54, 1.807) is 6.07 Å². The van der Waals surface area contributed by atoms with Gasteiger partial charge in [-0.3, -0.25) is 0 Å². The number of rotatable bonds is 3. The smallest absolute Gasteiger partial charge is 0.147 e. The van der Waals surface area contributed by atoms with Crippen LogP contribution in [-0.2, 0) is 6.54 Å². The maximum Gasteiger partial charge on any atom is 0.147 e. The molecule has 0 spiro atoms. The number of aromatic nitrogens is 2. The lowest BCUT2D eigenvalue weighted by atomic mass is 10.2. The van der Waals surface area contributed by atoms with Gasteiger partial charge in [0, 0.05) is 12.1 Å². The monoisotopic (exact) mass is 286 g/mol. The average molecular weight is 287 g/mol. The number of nitrogens with zero attached hydrogens (tertiary/aromatic N) is 2. The molecule has 0 fully saturated rings. The third-order valence-electron chi connectivity index (χ3n) is 2.57. The summed E-state index contributed by atoms with van der Waals surface area (Å²) in [5.41, 5.74) is 7.43. The van der Waals surface area contributed by atoms with Crippen molar-refractivity contribution in [3.05, 3.63) is 33.1 Å². The Kier molecular flexibility index (Phi) is 3.63. The lowest BCUT2D eigenvalue weighted by Gasteiger charge is -2.08. The highest BCUT2D eigenvalue weighted by atomic mass is 35.5. The molecule has 2 rings (SSSR count). The molecular weight excluding hydrogens is 275 g/mol. The van der Waals surface area contributed by atoms with Gasteiger partial charge in [0.2, 0.25) is 0 Å². The zero-order valence-corrected chi connectivity index (χ0v) is 11.4. The summed E-state index contributed by atoms with van der Waals surface area (Å²) in [7, 11) is 0. The summed E-state index contributed by atoms with van der Waals surface area (Å²) in [6, 6.07) is 1.56. The van der Waals surface area contributed by atoms with Crippen molar-refractivity contribution in [2.24, 2.45) is 0 Å². The highest BCUT2D eigenvalue weighted by Crippen LogP contribution is 2.28. The molecule has 2 heterocycles. The van der Waals surface area contributed by atoms with Crippen molar-refractivity contribution in [2.45, 2.75) is 20.4 Å². The molecule has 7 heteroatoms. The van der Waals surface area contributed by atoms with Gasteiger partial charge in [-0.1, -0.05) is 28.4 Å². The molecule has 0 saturated carbocycles. The van der Waals surface area contributed by atoms with Crippen LogP contribution in [0.2, 0.25) is 10.0 Å². The van der Waals surface area contributed by atoms with Crippen LogP contribution in [0.25, 0.3) is 0 Å². The van der Waals surface area contributed by atoms with E-state index in [1.807, 2.05) is 13.8 Å². The Morgan fingerprint density at radius 3 is 2.67 bits per heavy atom. The predicted molar refractivity (Wildman–Crippen MR) is 72.0 cm³/mol. The van der Waals surface area contributed by atoms with Crippen molar-refractivity contribution < 1.29 is 4.52 Å². The van der Waals surface area contributed by atoms with Gasteiger partial charge in [0.25, 0.3) is 0 Å². The van der Waals surface area contributed by atoms with Crippen molar-refractivity contribution in [3.63, 3.8) is 0 Å². The van der Waals surface area contributed by atoms with Crippen molar-refractivity contribution in [1.29, 1.82) is 0 Å². The highest BCUT2D eigenvalue weighted by molar-refractivity contribution is 6.37. The number of hydrogen-bond acceptors (Lipinski definition) is 5. The van der Waals surface area contributed by atoms with Crippen LogP contribution in [0.1, 0.15) is 17.0 Å². The summed E-state index contributed by atoms with van der Waals surface area (Å²) in [5.74, 6) is 1.49. The number of nitrogen functional groups attached to an aromatic ring is 1. The van der Waals surface area contributed by atoms with Gasteiger partial charge < -0.3 is 15.6 Å². The van der Waals surface area contributed by atoms with Crippen LogP contribution in [-0.4, -0.2) is 10.1 Å². The van der Waals surface area contributed by atoms with Crippen molar-refractivity contribution in [3.8, 4) is 0 Å². The number of halogens is 2. The Hall–Kier alpha value is -1.46. The molecule has 0 atom stereocenters. The molecule has 0 aromatic carbocycles. The first kappa shape index (κ1) is 13.0. The summed E-state index contributed by atoms with van der Waals surface area (Å²) in [4.78, 5) is 4.08. The fourth-order valence-electron chi connectivity index (χ4n) is 1.53. The molecule has 2 aromatic rings. The standard InChI is InChI=1S/C11H12Cl2N4O/c1-5-7(6(2)18-17-5)4-15-11-9(13)3-8(12)10(14)16-11/h3H,4H2,1-2H3,(H3,14,15,16). The molecule has 18 heavy (non-hydrogen) atoms. The van der Waals surface area contributed by atoms with E-state index in [9.17, 15) is 0 Å². The molecule has 0 bridgehead atoms.